The van der Waals surface area contributed by atoms with Crippen LogP contribution in [0.4, 0.5) is 24.5 Å². The summed E-state index contributed by atoms with van der Waals surface area (Å²) in [4.78, 5) is 18.8. The maximum atomic E-state index is 13.4. The largest absolute Gasteiger partial charge is 0.573 e. The number of rotatable bonds is 5. The van der Waals surface area contributed by atoms with E-state index >= 15 is 0 Å². The molecule has 0 radical (unpaired) electrons. The zero-order chi connectivity index (χ0) is 26.9. The number of carbonyl (C=O) groups is 1. The molecule has 2 aliphatic rings. The van der Waals surface area contributed by atoms with Crippen molar-refractivity contribution in [2.24, 2.45) is 0 Å². The van der Waals surface area contributed by atoms with Crippen LogP contribution in [-0.4, -0.2) is 54.8 Å². The lowest BCUT2D eigenvalue weighted by Crippen LogP contribution is -2.48. The van der Waals surface area contributed by atoms with E-state index in [4.69, 9.17) is 23.2 Å². The molecule has 3 aromatic rings. The summed E-state index contributed by atoms with van der Waals surface area (Å²) in [7, 11) is 0. The minimum absolute atomic E-state index is 0.139. The van der Waals surface area contributed by atoms with Crippen LogP contribution in [-0.2, 0) is 6.54 Å². The molecule has 5 rings (SSSR count). The molecule has 0 unspecified atom stereocenters. The molecule has 38 heavy (non-hydrogen) atoms. The molecule has 0 atom stereocenters. The van der Waals surface area contributed by atoms with Crippen molar-refractivity contribution < 1.29 is 22.7 Å². The normalized spacial score (nSPS) is 15.9. The third-order valence-corrected chi connectivity index (χ3v) is 7.48. The highest BCUT2D eigenvalue weighted by Gasteiger charge is 2.34. The van der Waals surface area contributed by atoms with Gasteiger partial charge in [0.1, 0.15) is 0 Å². The van der Waals surface area contributed by atoms with Crippen LogP contribution in [0.15, 0.2) is 66.7 Å². The Balaban J connectivity index is 1.33. The monoisotopic (exact) mass is 561 g/mol. The van der Waals surface area contributed by atoms with E-state index in [1.165, 1.54) is 12.1 Å². The van der Waals surface area contributed by atoms with Gasteiger partial charge in [-0.3, -0.25) is 9.69 Å². The van der Waals surface area contributed by atoms with Crippen molar-refractivity contribution in [1.29, 1.82) is 0 Å². The lowest BCUT2D eigenvalue weighted by Gasteiger charge is -2.35. The van der Waals surface area contributed by atoms with Gasteiger partial charge in [0, 0.05) is 50.5 Å². The molecule has 3 aromatic carbocycles. The Labute approximate surface area is 228 Å². The minimum Gasteiger partial charge on any atom is -0.404 e. The van der Waals surface area contributed by atoms with Gasteiger partial charge in [-0.1, -0.05) is 65.7 Å². The highest BCUT2D eigenvalue weighted by atomic mass is 35.5. The first kappa shape index (κ1) is 26.4. The summed E-state index contributed by atoms with van der Waals surface area (Å²) >= 11 is 12.4. The van der Waals surface area contributed by atoms with Crippen molar-refractivity contribution >= 4 is 46.6 Å². The molecule has 0 N–H and O–H groups in total. The summed E-state index contributed by atoms with van der Waals surface area (Å²) in [5.41, 5.74) is 2.92. The number of alkyl halides is 3. The number of hydrogen-bond donors (Lipinski definition) is 0. The lowest BCUT2D eigenvalue weighted by atomic mass is 10.1. The summed E-state index contributed by atoms with van der Waals surface area (Å²) in [5, 5.41) is 0.999. The third-order valence-electron chi connectivity index (χ3n) is 6.62. The van der Waals surface area contributed by atoms with Crippen LogP contribution in [0.5, 0.6) is 5.75 Å². The third kappa shape index (κ3) is 5.77. The number of amides is 1. The predicted molar refractivity (Wildman–Crippen MR) is 143 cm³/mol. The molecule has 0 saturated carbocycles. The molecule has 5 nitrogen and oxygen atoms in total. The fourth-order valence-corrected chi connectivity index (χ4v) is 5.15. The minimum atomic E-state index is -4.91. The summed E-state index contributed by atoms with van der Waals surface area (Å²) < 4.78 is 44.5. The molecular weight excluding hydrogens is 538 g/mol. The highest BCUT2D eigenvalue weighted by Crippen LogP contribution is 2.40. The number of halogens is 5. The first-order valence-electron chi connectivity index (χ1n) is 12.1. The van der Waals surface area contributed by atoms with Gasteiger partial charge in [-0.2, -0.15) is 0 Å². The number of anilines is 2. The number of piperazine rings is 1. The number of fused-ring (bicyclic) bond motifs is 1. The Morgan fingerprint density at radius 3 is 2.45 bits per heavy atom. The van der Waals surface area contributed by atoms with Crippen molar-refractivity contribution in [1.82, 2.24) is 9.80 Å². The van der Waals surface area contributed by atoms with Crippen LogP contribution in [0.25, 0.3) is 6.08 Å². The second-order valence-corrected chi connectivity index (χ2v) is 9.87. The van der Waals surface area contributed by atoms with Gasteiger partial charge in [-0.15, -0.1) is 13.2 Å². The zero-order valence-corrected chi connectivity index (χ0v) is 21.7. The van der Waals surface area contributed by atoms with E-state index < -0.39 is 12.1 Å². The van der Waals surface area contributed by atoms with Crippen LogP contribution in [0, 0.1) is 0 Å². The van der Waals surface area contributed by atoms with Crippen molar-refractivity contribution in [2.75, 3.05) is 37.6 Å². The Hall–Kier alpha value is -3.20. The predicted octanol–water partition coefficient (Wildman–Crippen LogP) is 7.01. The maximum absolute atomic E-state index is 13.4. The second kappa shape index (κ2) is 10.9. The fraction of sp³-hybridized carbons (Fsp3) is 0.250. The Morgan fingerprint density at radius 2 is 1.68 bits per heavy atom. The lowest BCUT2D eigenvalue weighted by molar-refractivity contribution is -0.274. The summed E-state index contributed by atoms with van der Waals surface area (Å²) in [6.07, 6.45) is -1.11. The van der Waals surface area contributed by atoms with Crippen LogP contribution in [0.2, 0.25) is 10.0 Å². The van der Waals surface area contributed by atoms with Gasteiger partial charge in [0.15, 0.2) is 5.75 Å². The van der Waals surface area contributed by atoms with Crippen LogP contribution < -0.4 is 9.64 Å². The van der Waals surface area contributed by atoms with Gasteiger partial charge in [-0.05, 0) is 41.5 Å². The molecular formula is C28H24Cl2F3N3O2. The molecule has 10 heteroatoms. The van der Waals surface area contributed by atoms with Gasteiger partial charge >= 0.3 is 6.36 Å². The first-order chi connectivity index (χ1) is 18.2. The standard InChI is InChI=1S/C28H24Cl2F3N3O2/c29-22-8-3-6-21(26(22)30)18-34-13-15-35(16-14-34)27(37)20-10-11-24(25(17-20)38-28(31,32)33)36-12-4-7-19-5-1-2-9-23(19)36/h1-11,17H,12-16,18H2. The van der Waals surface area contributed by atoms with Crippen molar-refractivity contribution in [3.63, 3.8) is 0 Å². The van der Waals surface area contributed by atoms with Gasteiger partial charge < -0.3 is 14.5 Å². The number of para-hydroxylation sites is 1. The van der Waals surface area contributed by atoms with Crippen molar-refractivity contribution in [2.45, 2.75) is 12.9 Å². The van der Waals surface area contributed by atoms with E-state index in [0.717, 1.165) is 16.8 Å². The number of nitrogens with zero attached hydrogens (tertiary/aromatic N) is 3. The Bertz CT molecular complexity index is 1370. The van der Waals surface area contributed by atoms with E-state index in [9.17, 15) is 18.0 Å². The second-order valence-electron chi connectivity index (χ2n) is 9.08. The van der Waals surface area contributed by atoms with E-state index in [1.54, 1.807) is 21.9 Å². The van der Waals surface area contributed by atoms with Crippen molar-refractivity contribution in [3.05, 3.63) is 93.5 Å². The van der Waals surface area contributed by atoms with E-state index in [0.29, 0.717) is 49.3 Å². The zero-order valence-electron chi connectivity index (χ0n) is 20.2. The Kier molecular flexibility index (Phi) is 7.56. The highest BCUT2D eigenvalue weighted by molar-refractivity contribution is 6.42. The quantitative estimate of drug-likeness (QED) is 0.335. The summed E-state index contributed by atoms with van der Waals surface area (Å²) in [5.74, 6) is -0.759. The maximum Gasteiger partial charge on any atom is 0.573 e. The first-order valence-corrected chi connectivity index (χ1v) is 12.8. The topological polar surface area (TPSA) is 36.0 Å². The van der Waals surface area contributed by atoms with E-state index in [1.807, 2.05) is 48.6 Å². The van der Waals surface area contributed by atoms with E-state index in [-0.39, 0.29) is 17.2 Å². The molecule has 0 aromatic heterocycles. The summed E-state index contributed by atoms with van der Waals surface area (Å²) in [6, 6.07) is 17.2. The summed E-state index contributed by atoms with van der Waals surface area (Å²) in [6.45, 7) is 3.00. The molecule has 1 saturated heterocycles. The number of ether oxygens (including phenoxy) is 1. The SMILES string of the molecule is O=C(c1ccc(N2CC=Cc3ccccc32)c(OC(F)(F)F)c1)N1CCN(Cc2cccc(Cl)c2Cl)CC1. The van der Waals surface area contributed by atoms with E-state index in [2.05, 4.69) is 9.64 Å². The van der Waals surface area contributed by atoms with Gasteiger partial charge in [0.05, 0.1) is 15.7 Å². The fourth-order valence-electron chi connectivity index (χ4n) is 4.77. The number of hydrogen-bond acceptors (Lipinski definition) is 4. The van der Waals surface area contributed by atoms with Crippen LogP contribution >= 0.6 is 23.2 Å². The molecule has 0 aliphatic carbocycles. The Morgan fingerprint density at radius 1 is 0.921 bits per heavy atom. The average Bonchev–Trinajstić information content (AvgIpc) is 2.90. The van der Waals surface area contributed by atoms with Gasteiger partial charge in [0.25, 0.3) is 5.91 Å². The van der Waals surface area contributed by atoms with Gasteiger partial charge in [0.2, 0.25) is 0 Å². The van der Waals surface area contributed by atoms with Crippen LogP contribution in [0.3, 0.4) is 0 Å². The number of benzene rings is 3. The molecule has 0 spiro atoms. The molecule has 0 bridgehead atoms. The molecule has 1 fully saturated rings. The molecule has 2 heterocycles. The van der Waals surface area contributed by atoms with Crippen LogP contribution in [0.1, 0.15) is 21.5 Å². The molecule has 2 aliphatic heterocycles. The van der Waals surface area contributed by atoms with Crippen molar-refractivity contribution in [3.8, 4) is 5.75 Å². The molecule has 1 amide bonds. The van der Waals surface area contributed by atoms with Gasteiger partial charge in [-0.25, -0.2) is 0 Å². The molecule has 198 valence electrons. The smallest absolute Gasteiger partial charge is 0.404 e. The average molecular weight is 562 g/mol. The number of carbonyl (C=O) groups excluding carboxylic acids is 1.